The van der Waals surface area contributed by atoms with E-state index in [1.165, 1.54) is 0 Å². The number of ketones is 1. The van der Waals surface area contributed by atoms with Crippen LogP contribution in [0.1, 0.15) is 33.8 Å². The van der Waals surface area contributed by atoms with Crippen molar-refractivity contribution in [3.63, 3.8) is 0 Å². The van der Waals surface area contributed by atoms with Gasteiger partial charge in [-0.25, -0.2) is 0 Å². The molecule has 2 nitrogen and oxygen atoms in total. The molecule has 0 spiro atoms. The van der Waals surface area contributed by atoms with Crippen molar-refractivity contribution in [3.8, 4) is 0 Å². The number of hydrogen-bond acceptors (Lipinski definition) is 2. The third kappa shape index (κ3) is 3.64. The Balaban J connectivity index is 2.13. The van der Waals surface area contributed by atoms with E-state index in [0.29, 0.717) is 5.56 Å². The Kier molecular flexibility index (Phi) is 4.85. The molecule has 2 rings (SSSR count). The average Bonchev–Trinajstić information content (AvgIpc) is 2.46. The Morgan fingerprint density at radius 1 is 1.10 bits per heavy atom. The van der Waals surface area contributed by atoms with Crippen LogP contribution < -0.4 is 0 Å². The lowest BCUT2D eigenvalue weighted by Crippen LogP contribution is -2.09. The van der Waals surface area contributed by atoms with Crippen LogP contribution in [0.25, 0.3) is 0 Å². The van der Waals surface area contributed by atoms with Crippen molar-refractivity contribution in [3.05, 3.63) is 69.7 Å². The highest BCUT2D eigenvalue weighted by molar-refractivity contribution is 9.10. The van der Waals surface area contributed by atoms with Gasteiger partial charge in [0.15, 0.2) is 5.78 Å². The van der Waals surface area contributed by atoms with E-state index in [0.717, 1.165) is 21.9 Å². The monoisotopic (exact) mass is 330 g/mol. The van der Waals surface area contributed by atoms with Crippen molar-refractivity contribution in [2.45, 2.75) is 19.3 Å². The van der Waals surface area contributed by atoms with Gasteiger partial charge in [-0.1, -0.05) is 57.9 Å². The largest absolute Gasteiger partial charge is 0.303 e. The molecule has 0 aliphatic carbocycles. The quantitative estimate of drug-likeness (QED) is 0.604. The van der Waals surface area contributed by atoms with Gasteiger partial charge in [0.1, 0.15) is 6.29 Å². The van der Waals surface area contributed by atoms with E-state index in [-0.39, 0.29) is 18.1 Å². The molecule has 0 saturated carbocycles. The number of aryl methyl sites for hydroxylation is 1. The molecule has 0 heterocycles. The van der Waals surface area contributed by atoms with Crippen LogP contribution in [0.4, 0.5) is 0 Å². The molecule has 0 amide bonds. The number of Topliss-reactive ketones (excluding diaryl/α,β-unsaturated/α-hetero) is 1. The second kappa shape index (κ2) is 6.62. The Labute approximate surface area is 127 Å². The molecule has 0 aliphatic heterocycles. The Morgan fingerprint density at radius 2 is 1.70 bits per heavy atom. The highest BCUT2D eigenvalue weighted by Gasteiger charge is 2.16. The lowest BCUT2D eigenvalue weighted by Gasteiger charge is -2.10. The Hall–Kier alpha value is -1.74. The first-order valence-corrected chi connectivity index (χ1v) is 7.20. The van der Waals surface area contributed by atoms with Crippen LogP contribution in [-0.4, -0.2) is 12.1 Å². The van der Waals surface area contributed by atoms with E-state index in [9.17, 15) is 9.59 Å². The third-order valence-electron chi connectivity index (χ3n) is 3.24. The van der Waals surface area contributed by atoms with Gasteiger partial charge in [-0.15, -0.1) is 0 Å². The average molecular weight is 331 g/mol. The number of halogens is 1. The predicted molar refractivity (Wildman–Crippen MR) is 83.1 cm³/mol. The summed E-state index contributed by atoms with van der Waals surface area (Å²) in [4.78, 5) is 23.4. The SMILES string of the molecule is Cc1ccc(C(C=O)CC(=O)c2ccc(Br)cc2)cc1. The second-order valence-corrected chi connectivity index (χ2v) is 5.70. The molecule has 0 radical (unpaired) electrons. The van der Waals surface area contributed by atoms with Crippen LogP contribution in [-0.2, 0) is 4.79 Å². The molecule has 20 heavy (non-hydrogen) atoms. The van der Waals surface area contributed by atoms with Crippen LogP contribution in [0.3, 0.4) is 0 Å². The Morgan fingerprint density at radius 3 is 2.25 bits per heavy atom. The topological polar surface area (TPSA) is 34.1 Å². The molecule has 3 heteroatoms. The lowest BCUT2D eigenvalue weighted by atomic mass is 9.92. The summed E-state index contributed by atoms with van der Waals surface area (Å²) in [5.41, 5.74) is 2.65. The van der Waals surface area contributed by atoms with Crippen LogP contribution >= 0.6 is 15.9 Å². The molecule has 1 atom stereocenters. The highest BCUT2D eigenvalue weighted by Crippen LogP contribution is 2.21. The summed E-state index contributed by atoms with van der Waals surface area (Å²) in [5, 5.41) is 0. The third-order valence-corrected chi connectivity index (χ3v) is 3.77. The van der Waals surface area contributed by atoms with Crippen molar-refractivity contribution in [2.75, 3.05) is 0 Å². The summed E-state index contributed by atoms with van der Waals surface area (Å²) in [6.07, 6.45) is 1.05. The van der Waals surface area contributed by atoms with Gasteiger partial charge in [0.2, 0.25) is 0 Å². The summed E-state index contributed by atoms with van der Waals surface area (Å²) >= 11 is 3.34. The van der Waals surface area contributed by atoms with E-state index in [1.807, 2.05) is 43.3 Å². The fourth-order valence-corrected chi connectivity index (χ4v) is 2.28. The number of carbonyl (C=O) groups excluding carboxylic acids is 2. The first-order valence-electron chi connectivity index (χ1n) is 6.41. The minimum Gasteiger partial charge on any atom is -0.303 e. The van der Waals surface area contributed by atoms with Crippen molar-refractivity contribution >= 4 is 28.0 Å². The van der Waals surface area contributed by atoms with Crippen molar-refractivity contribution in [2.24, 2.45) is 0 Å². The van der Waals surface area contributed by atoms with Crippen molar-refractivity contribution in [1.29, 1.82) is 0 Å². The van der Waals surface area contributed by atoms with Crippen molar-refractivity contribution < 1.29 is 9.59 Å². The minimum absolute atomic E-state index is 0.0184. The summed E-state index contributed by atoms with van der Waals surface area (Å²) in [5.74, 6) is -0.401. The van der Waals surface area contributed by atoms with Crippen molar-refractivity contribution in [1.82, 2.24) is 0 Å². The lowest BCUT2D eigenvalue weighted by molar-refractivity contribution is -0.109. The molecular formula is C17H15BrO2. The zero-order chi connectivity index (χ0) is 14.5. The van der Waals surface area contributed by atoms with Gasteiger partial charge < -0.3 is 4.79 Å². The summed E-state index contributed by atoms with van der Waals surface area (Å²) in [6, 6.07) is 14.9. The van der Waals surface area contributed by atoms with Gasteiger partial charge in [0.25, 0.3) is 0 Å². The summed E-state index contributed by atoms with van der Waals surface area (Å²) in [7, 11) is 0. The smallest absolute Gasteiger partial charge is 0.163 e. The van der Waals surface area contributed by atoms with Gasteiger partial charge in [-0.3, -0.25) is 4.79 Å². The first-order chi connectivity index (χ1) is 9.60. The second-order valence-electron chi connectivity index (χ2n) is 4.79. The normalized spacial score (nSPS) is 11.9. The van der Waals surface area contributed by atoms with Crippen LogP contribution in [0.2, 0.25) is 0 Å². The molecular weight excluding hydrogens is 316 g/mol. The van der Waals surface area contributed by atoms with Crippen LogP contribution in [0.15, 0.2) is 53.0 Å². The highest BCUT2D eigenvalue weighted by atomic mass is 79.9. The summed E-state index contributed by atoms with van der Waals surface area (Å²) < 4.78 is 0.930. The van der Waals surface area contributed by atoms with Gasteiger partial charge >= 0.3 is 0 Å². The molecule has 2 aromatic rings. The number of rotatable bonds is 5. The molecule has 0 bridgehead atoms. The maximum Gasteiger partial charge on any atom is 0.163 e. The number of hydrogen-bond donors (Lipinski definition) is 0. The predicted octanol–water partition coefficient (Wildman–Crippen LogP) is 4.31. The summed E-state index contributed by atoms with van der Waals surface area (Å²) in [6.45, 7) is 1.99. The van der Waals surface area contributed by atoms with E-state index < -0.39 is 0 Å². The molecule has 0 saturated heterocycles. The van der Waals surface area contributed by atoms with E-state index in [4.69, 9.17) is 0 Å². The molecule has 0 aromatic heterocycles. The molecule has 102 valence electrons. The molecule has 1 unspecified atom stereocenters. The number of benzene rings is 2. The van der Waals surface area contributed by atoms with Gasteiger partial charge in [0, 0.05) is 22.4 Å². The maximum atomic E-state index is 12.2. The Bertz CT molecular complexity index is 600. The van der Waals surface area contributed by atoms with Gasteiger partial charge in [0.05, 0.1) is 0 Å². The molecule has 0 fully saturated rings. The minimum atomic E-state index is -0.383. The molecule has 2 aromatic carbocycles. The van der Waals surface area contributed by atoms with E-state index >= 15 is 0 Å². The number of carbonyl (C=O) groups is 2. The van der Waals surface area contributed by atoms with E-state index in [2.05, 4.69) is 15.9 Å². The number of aldehydes is 1. The fraction of sp³-hybridized carbons (Fsp3) is 0.176. The van der Waals surface area contributed by atoms with Crippen LogP contribution in [0.5, 0.6) is 0 Å². The zero-order valence-electron chi connectivity index (χ0n) is 11.2. The fourth-order valence-electron chi connectivity index (χ4n) is 2.01. The van der Waals surface area contributed by atoms with Gasteiger partial charge in [-0.2, -0.15) is 0 Å². The first kappa shape index (κ1) is 14.7. The molecule has 0 N–H and O–H groups in total. The van der Waals surface area contributed by atoms with E-state index in [1.54, 1.807) is 12.1 Å². The zero-order valence-corrected chi connectivity index (χ0v) is 12.8. The maximum absolute atomic E-state index is 12.2. The van der Waals surface area contributed by atoms with Crippen LogP contribution in [0, 0.1) is 6.92 Å². The molecule has 0 aliphatic rings. The standard InChI is InChI=1S/C17H15BrO2/c1-12-2-4-13(5-3-12)15(11-19)10-17(20)14-6-8-16(18)9-7-14/h2-9,11,15H,10H2,1H3. The van der Waals surface area contributed by atoms with Gasteiger partial charge in [-0.05, 0) is 24.6 Å².